The number of rotatable bonds is 4. The molecule has 2 aromatic heterocycles. The molecule has 0 bridgehead atoms. The van der Waals surface area contributed by atoms with Gasteiger partial charge >= 0.3 is 0 Å². The van der Waals surface area contributed by atoms with E-state index >= 15 is 0 Å². The van der Waals surface area contributed by atoms with E-state index in [9.17, 15) is 4.79 Å². The molecule has 0 saturated carbocycles. The molecule has 0 aliphatic rings. The van der Waals surface area contributed by atoms with Crippen molar-refractivity contribution >= 4 is 33.6 Å². The van der Waals surface area contributed by atoms with E-state index in [2.05, 4.69) is 20.9 Å². The van der Waals surface area contributed by atoms with E-state index in [0.29, 0.717) is 24.3 Å². The Morgan fingerprint density at radius 2 is 2.24 bits per heavy atom. The Labute approximate surface area is 112 Å². The summed E-state index contributed by atoms with van der Waals surface area (Å²) in [5.74, 6) is 0.523. The van der Waals surface area contributed by atoms with Crippen molar-refractivity contribution in [3.63, 3.8) is 0 Å². The first-order valence-electron chi connectivity index (χ1n) is 4.99. The zero-order valence-corrected chi connectivity index (χ0v) is 11.5. The van der Waals surface area contributed by atoms with Crippen LogP contribution in [-0.2, 0) is 6.61 Å². The molecule has 3 nitrogen and oxygen atoms in total. The monoisotopic (exact) mass is 311 g/mol. The maximum atomic E-state index is 10.8. The van der Waals surface area contributed by atoms with Crippen molar-refractivity contribution in [2.24, 2.45) is 0 Å². The van der Waals surface area contributed by atoms with Crippen LogP contribution >= 0.6 is 27.3 Å². The molecule has 0 atom stereocenters. The number of ether oxygens (including phenoxy) is 1. The van der Waals surface area contributed by atoms with E-state index in [-0.39, 0.29) is 0 Å². The highest BCUT2D eigenvalue weighted by molar-refractivity contribution is 9.11. The fourth-order valence-corrected chi connectivity index (χ4v) is 2.75. The summed E-state index contributed by atoms with van der Waals surface area (Å²) in [7, 11) is 0. The Kier molecular flexibility index (Phi) is 3.91. The second kappa shape index (κ2) is 5.42. The Morgan fingerprint density at radius 3 is 2.88 bits per heavy atom. The van der Waals surface area contributed by atoms with Crippen molar-refractivity contribution in [3.8, 4) is 5.75 Å². The largest absolute Gasteiger partial charge is 0.486 e. The molecule has 0 saturated heterocycles. The van der Waals surface area contributed by atoms with Crippen LogP contribution in [0.1, 0.15) is 21.1 Å². The quantitative estimate of drug-likeness (QED) is 0.810. The number of aryl methyl sites for hydroxylation is 1. The lowest BCUT2D eigenvalue weighted by atomic mass is 10.3. The molecule has 0 aliphatic heterocycles. The highest BCUT2D eigenvalue weighted by Crippen LogP contribution is 2.24. The lowest BCUT2D eigenvalue weighted by Crippen LogP contribution is -1.99. The first kappa shape index (κ1) is 12.3. The van der Waals surface area contributed by atoms with E-state index in [1.165, 1.54) is 0 Å². The van der Waals surface area contributed by atoms with Gasteiger partial charge in [-0.05, 0) is 47.1 Å². The molecule has 0 fully saturated rings. The van der Waals surface area contributed by atoms with Crippen LogP contribution in [0, 0.1) is 6.92 Å². The summed E-state index contributed by atoms with van der Waals surface area (Å²) in [6, 6.07) is 7.55. The second-order valence-corrected chi connectivity index (χ2v) is 6.00. The summed E-state index contributed by atoms with van der Waals surface area (Å²) in [5.41, 5.74) is 1.15. The maximum Gasteiger partial charge on any atom is 0.172 e. The SMILES string of the molecule is Cc1ccc(OCc2ccc(Br)s2)c(C=O)n1. The van der Waals surface area contributed by atoms with Crippen LogP contribution in [0.25, 0.3) is 0 Å². The summed E-state index contributed by atoms with van der Waals surface area (Å²) < 4.78 is 6.64. The highest BCUT2D eigenvalue weighted by Gasteiger charge is 2.06. The van der Waals surface area contributed by atoms with Crippen molar-refractivity contribution in [1.29, 1.82) is 0 Å². The van der Waals surface area contributed by atoms with Crippen LogP contribution in [0.2, 0.25) is 0 Å². The number of hydrogen-bond acceptors (Lipinski definition) is 4. The minimum atomic E-state index is 0.348. The zero-order valence-electron chi connectivity index (χ0n) is 9.14. The van der Waals surface area contributed by atoms with E-state index in [1.54, 1.807) is 17.4 Å². The van der Waals surface area contributed by atoms with Crippen LogP contribution in [0.5, 0.6) is 5.75 Å². The average molecular weight is 312 g/mol. The summed E-state index contributed by atoms with van der Waals surface area (Å²) in [4.78, 5) is 16.0. The second-order valence-electron chi connectivity index (χ2n) is 3.45. The molecule has 2 aromatic rings. The van der Waals surface area contributed by atoms with E-state index < -0.39 is 0 Å². The minimum Gasteiger partial charge on any atom is -0.486 e. The van der Waals surface area contributed by atoms with Gasteiger partial charge in [0.2, 0.25) is 0 Å². The molecule has 0 aliphatic carbocycles. The number of aldehydes is 1. The molecule has 0 aromatic carbocycles. The molecule has 2 rings (SSSR count). The van der Waals surface area contributed by atoms with Crippen LogP contribution in [0.15, 0.2) is 28.1 Å². The fraction of sp³-hybridized carbons (Fsp3) is 0.167. The zero-order chi connectivity index (χ0) is 12.3. The Hall–Kier alpha value is -1.20. The third kappa shape index (κ3) is 3.14. The first-order valence-corrected chi connectivity index (χ1v) is 6.60. The first-order chi connectivity index (χ1) is 8.19. The predicted octanol–water partition coefficient (Wildman–Crippen LogP) is 3.61. The molecule has 0 N–H and O–H groups in total. The molecule has 2 heterocycles. The number of hydrogen-bond donors (Lipinski definition) is 0. The Balaban J connectivity index is 2.11. The van der Waals surface area contributed by atoms with Gasteiger partial charge in [0.25, 0.3) is 0 Å². The van der Waals surface area contributed by atoms with Gasteiger partial charge in [-0.15, -0.1) is 11.3 Å². The number of pyridine rings is 1. The van der Waals surface area contributed by atoms with Crippen LogP contribution in [0.4, 0.5) is 0 Å². The molecule has 0 spiro atoms. The summed E-state index contributed by atoms with van der Waals surface area (Å²) in [6.07, 6.45) is 0.715. The fourth-order valence-electron chi connectivity index (χ4n) is 1.35. The molecule has 0 amide bonds. The summed E-state index contributed by atoms with van der Waals surface area (Å²) in [5, 5.41) is 0. The molecule has 0 unspecified atom stereocenters. The summed E-state index contributed by atoms with van der Waals surface area (Å²) in [6.45, 7) is 2.29. The van der Waals surface area contributed by atoms with Crippen molar-refractivity contribution < 1.29 is 9.53 Å². The lowest BCUT2D eigenvalue weighted by Gasteiger charge is -2.06. The maximum absolute atomic E-state index is 10.8. The van der Waals surface area contributed by atoms with Gasteiger partial charge in [-0.3, -0.25) is 4.79 Å². The minimum absolute atomic E-state index is 0.348. The molecular weight excluding hydrogens is 302 g/mol. The van der Waals surface area contributed by atoms with E-state index in [4.69, 9.17) is 4.74 Å². The smallest absolute Gasteiger partial charge is 0.172 e. The van der Waals surface area contributed by atoms with Crippen molar-refractivity contribution in [2.75, 3.05) is 0 Å². The van der Waals surface area contributed by atoms with Gasteiger partial charge in [0.05, 0.1) is 3.79 Å². The standard InChI is InChI=1S/C12H10BrNO2S/c1-8-2-4-11(10(6-15)14-8)16-7-9-3-5-12(13)17-9/h2-6H,7H2,1H3. The van der Waals surface area contributed by atoms with Gasteiger partial charge in [-0.25, -0.2) is 4.98 Å². The molecule has 88 valence electrons. The Bertz CT molecular complexity index is 539. The third-order valence-corrected chi connectivity index (χ3v) is 3.73. The van der Waals surface area contributed by atoms with Crippen LogP contribution in [-0.4, -0.2) is 11.3 Å². The Morgan fingerprint density at radius 1 is 1.41 bits per heavy atom. The number of halogens is 1. The number of nitrogens with zero attached hydrogens (tertiary/aromatic N) is 1. The molecular formula is C12H10BrNO2S. The van der Waals surface area contributed by atoms with Gasteiger partial charge in [-0.1, -0.05) is 0 Å². The van der Waals surface area contributed by atoms with Gasteiger partial charge in [0.1, 0.15) is 18.1 Å². The summed E-state index contributed by atoms with van der Waals surface area (Å²) >= 11 is 5.00. The molecule has 5 heteroatoms. The normalized spacial score (nSPS) is 10.2. The average Bonchev–Trinajstić information content (AvgIpc) is 2.73. The van der Waals surface area contributed by atoms with E-state index in [1.807, 2.05) is 25.1 Å². The van der Waals surface area contributed by atoms with Gasteiger partial charge in [-0.2, -0.15) is 0 Å². The van der Waals surface area contributed by atoms with Crippen LogP contribution < -0.4 is 4.74 Å². The van der Waals surface area contributed by atoms with Gasteiger partial charge in [0, 0.05) is 10.6 Å². The van der Waals surface area contributed by atoms with Gasteiger partial charge in [0.15, 0.2) is 6.29 Å². The number of carbonyl (C=O) groups is 1. The number of aromatic nitrogens is 1. The van der Waals surface area contributed by atoms with Crippen molar-refractivity contribution in [3.05, 3.63) is 44.3 Å². The van der Waals surface area contributed by atoms with Gasteiger partial charge < -0.3 is 4.74 Å². The number of carbonyl (C=O) groups excluding carboxylic acids is 1. The van der Waals surface area contributed by atoms with Crippen LogP contribution in [0.3, 0.4) is 0 Å². The number of thiophene rings is 1. The third-order valence-electron chi connectivity index (χ3n) is 2.14. The predicted molar refractivity (Wildman–Crippen MR) is 70.7 cm³/mol. The lowest BCUT2D eigenvalue weighted by molar-refractivity contribution is 0.111. The van der Waals surface area contributed by atoms with E-state index in [0.717, 1.165) is 14.4 Å². The van der Waals surface area contributed by atoms with Crippen molar-refractivity contribution in [2.45, 2.75) is 13.5 Å². The molecule has 0 radical (unpaired) electrons. The topological polar surface area (TPSA) is 39.2 Å². The molecule has 17 heavy (non-hydrogen) atoms. The van der Waals surface area contributed by atoms with Crippen molar-refractivity contribution in [1.82, 2.24) is 4.98 Å². The highest BCUT2D eigenvalue weighted by atomic mass is 79.9.